The van der Waals surface area contributed by atoms with Crippen molar-refractivity contribution in [1.29, 1.82) is 0 Å². The SMILES string of the molecule is C[C@H](SC1NNCN1C)C1CCCC(NC(=O)C2CNCC(C(F)(F)F)N2)C1. The maximum Gasteiger partial charge on any atom is 0.405 e. The molecule has 1 amide bonds. The van der Waals surface area contributed by atoms with Crippen LogP contribution in [0.1, 0.15) is 32.6 Å². The molecule has 2 heterocycles. The van der Waals surface area contributed by atoms with Gasteiger partial charge in [0, 0.05) is 24.4 Å². The molecule has 3 fully saturated rings. The lowest BCUT2D eigenvalue weighted by Gasteiger charge is -2.36. The average Bonchev–Trinajstić information content (AvgIpc) is 3.06. The van der Waals surface area contributed by atoms with Crippen LogP contribution in [0.5, 0.6) is 0 Å². The van der Waals surface area contributed by atoms with Crippen LogP contribution in [0.25, 0.3) is 0 Å². The van der Waals surface area contributed by atoms with Crippen molar-refractivity contribution in [1.82, 2.24) is 31.7 Å². The van der Waals surface area contributed by atoms with Crippen LogP contribution in [0.15, 0.2) is 0 Å². The number of rotatable bonds is 5. The summed E-state index contributed by atoms with van der Waals surface area (Å²) in [6.45, 7) is 3.03. The van der Waals surface area contributed by atoms with Crippen molar-refractivity contribution in [3.63, 3.8) is 0 Å². The summed E-state index contributed by atoms with van der Waals surface area (Å²) in [5, 5.41) is 8.57. The van der Waals surface area contributed by atoms with Crippen molar-refractivity contribution >= 4 is 17.7 Å². The minimum absolute atomic E-state index is 0.0229. The summed E-state index contributed by atoms with van der Waals surface area (Å²) in [6, 6.07) is -2.51. The molecule has 0 radical (unpaired) electrons. The number of piperazine rings is 1. The first kappa shape index (κ1) is 22.1. The maximum atomic E-state index is 12.9. The highest BCUT2D eigenvalue weighted by molar-refractivity contribution is 8.00. The Bertz CT molecular complexity index is 540. The second kappa shape index (κ2) is 9.48. The smallest absolute Gasteiger partial charge is 0.352 e. The minimum Gasteiger partial charge on any atom is -0.352 e. The van der Waals surface area contributed by atoms with Gasteiger partial charge in [-0.1, -0.05) is 13.3 Å². The lowest BCUT2D eigenvalue weighted by Crippen LogP contribution is -2.65. The Hall–Kier alpha value is -0.590. The number of carbonyl (C=O) groups is 1. The van der Waals surface area contributed by atoms with Gasteiger partial charge >= 0.3 is 6.18 Å². The van der Waals surface area contributed by atoms with Crippen LogP contribution >= 0.6 is 11.8 Å². The summed E-state index contributed by atoms with van der Waals surface area (Å²) < 4.78 is 38.8. The van der Waals surface area contributed by atoms with Gasteiger partial charge in [0.1, 0.15) is 11.5 Å². The number of halogens is 3. The summed E-state index contributed by atoms with van der Waals surface area (Å²) in [5.41, 5.74) is 6.59. The van der Waals surface area contributed by atoms with E-state index < -0.39 is 18.3 Å². The molecule has 3 aliphatic rings. The van der Waals surface area contributed by atoms with Gasteiger partial charge in [-0.05, 0) is 32.2 Å². The van der Waals surface area contributed by atoms with Gasteiger partial charge in [-0.2, -0.15) is 13.2 Å². The summed E-state index contributed by atoms with van der Waals surface area (Å²) in [4.78, 5) is 14.7. The van der Waals surface area contributed by atoms with Crippen LogP contribution < -0.4 is 26.8 Å². The number of nitrogens with zero attached hydrogens (tertiary/aromatic N) is 1. The van der Waals surface area contributed by atoms with Crippen molar-refractivity contribution < 1.29 is 18.0 Å². The van der Waals surface area contributed by atoms with Crippen molar-refractivity contribution in [3.05, 3.63) is 0 Å². The average molecular weight is 425 g/mol. The third-order valence-electron chi connectivity index (χ3n) is 5.83. The van der Waals surface area contributed by atoms with Gasteiger partial charge in [0.05, 0.1) is 12.7 Å². The first-order valence-electron chi connectivity index (χ1n) is 9.92. The Kier molecular flexibility index (Phi) is 7.48. The summed E-state index contributed by atoms with van der Waals surface area (Å²) in [6.07, 6.45) is -0.471. The highest BCUT2D eigenvalue weighted by Crippen LogP contribution is 2.35. The molecular weight excluding hydrogens is 393 g/mol. The first-order chi connectivity index (χ1) is 13.2. The van der Waals surface area contributed by atoms with E-state index in [4.69, 9.17) is 0 Å². The Labute approximate surface area is 168 Å². The highest BCUT2D eigenvalue weighted by Gasteiger charge is 2.43. The third kappa shape index (κ3) is 5.73. The van der Waals surface area contributed by atoms with Gasteiger partial charge in [0.25, 0.3) is 0 Å². The first-order valence-corrected chi connectivity index (χ1v) is 10.9. The van der Waals surface area contributed by atoms with Gasteiger partial charge in [-0.25, -0.2) is 10.9 Å². The number of thioether (sulfide) groups is 1. The molecule has 1 saturated carbocycles. The molecule has 28 heavy (non-hydrogen) atoms. The topological polar surface area (TPSA) is 80.5 Å². The van der Waals surface area contributed by atoms with Crippen molar-refractivity contribution in [2.45, 2.75) is 67.7 Å². The molecule has 0 aromatic rings. The molecular formula is C17H31F3N6OS. The zero-order chi connectivity index (χ0) is 20.3. The molecule has 2 aliphatic heterocycles. The van der Waals surface area contributed by atoms with E-state index in [2.05, 4.69) is 45.7 Å². The van der Waals surface area contributed by atoms with Crippen molar-refractivity contribution in [3.8, 4) is 0 Å². The van der Waals surface area contributed by atoms with E-state index in [1.165, 1.54) is 0 Å². The van der Waals surface area contributed by atoms with Gasteiger partial charge in [0.15, 0.2) is 0 Å². The van der Waals surface area contributed by atoms with Crippen LogP contribution in [0.4, 0.5) is 13.2 Å². The number of alkyl halides is 3. The third-order valence-corrected chi connectivity index (χ3v) is 7.38. The molecule has 162 valence electrons. The number of hydrogen-bond donors (Lipinski definition) is 5. The monoisotopic (exact) mass is 424 g/mol. The molecule has 3 rings (SSSR count). The van der Waals surface area contributed by atoms with E-state index in [0.717, 1.165) is 32.4 Å². The fourth-order valence-electron chi connectivity index (χ4n) is 4.10. The number of amides is 1. The van der Waals surface area contributed by atoms with Crippen LogP contribution in [-0.2, 0) is 4.79 Å². The molecule has 11 heteroatoms. The second-order valence-corrected chi connectivity index (χ2v) is 9.50. The predicted octanol–water partition coefficient (Wildman–Crippen LogP) is 0.556. The van der Waals surface area contributed by atoms with Crippen LogP contribution in [0.2, 0.25) is 0 Å². The van der Waals surface area contributed by atoms with E-state index in [-0.39, 0.29) is 30.5 Å². The Morgan fingerprint density at radius 1 is 1.29 bits per heavy atom. The molecule has 5 N–H and O–H groups in total. The Balaban J connectivity index is 1.48. The lowest BCUT2D eigenvalue weighted by atomic mass is 9.84. The number of hydrazine groups is 1. The number of carbonyl (C=O) groups excluding carboxylic acids is 1. The highest BCUT2D eigenvalue weighted by atomic mass is 32.2. The fourth-order valence-corrected chi connectivity index (χ4v) is 5.41. The zero-order valence-corrected chi connectivity index (χ0v) is 17.1. The normalized spacial score (nSPS) is 36.2. The van der Waals surface area contributed by atoms with E-state index in [1.807, 2.05) is 11.8 Å². The van der Waals surface area contributed by atoms with Gasteiger partial charge in [-0.15, -0.1) is 11.8 Å². The zero-order valence-electron chi connectivity index (χ0n) is 16.3. The largest absolute Gasteiger partial charge is 0.405 e. The summed E-state index contributed by atoms with van der Waals surface area (Å²) in [7, 11) is 2.06. The molecule has 0 aromatic carbocycles. The molecule has 0 spiro atoms. The second-order valence-electron chi connectivity index (χ2n) is 8.03. The quantitative estimate of drug-likeness (QED) is 0.441. The summed E-state index contributed by atoms with van der Waals surface area (Å²) >= 11 is 1.87. The molecule has 7 nitrogen and oxygen atoms in total. The van der Waals surface area contributed by atoms with Gasteiger partial charge in [-0.3, -0.25) is 15.0 Å². The lowest BCUT2D eigenvalue weighted by molar-refractivity contribution is -0.161. The van der Waals surface area contributed by atoms with Crippen LogP contribution in [0, 0.1) is 5.92 Å². The minimum atomic E-state index is -4.36. The van der Waals surface area contributed by atoms with Crippen molar-refractivity contribution in [2.75, 3.05) is 26.8 Å². The van der Waals surface area contributed by atoms with Crippen molar-refractivity contribution in [2.24, 2.45) is 5.92 Å². The Morgan fingerprint density at radius 3 is 2.75 bits per heavy atom. The maximum absolute atomic E-state index is 12.9. The van der Waals surface area contributed by atoms with E-state index >= 15 is 0 Å². The standard InChI is InChI=1S/C17H31F3N6OS/c1-10(28-16-25-22-9-26(16)2)11-4-3-5-12(6-11)23-15(27)13-7-21-8-14(24-13)17(18,19)20/h10-14,16,21-22,24-25H,3-9H2,1-2H3,(H,23,27)/t10-,11?,12?,13?,14?,16?/m0/s1. The van der Waals surface area contributed by atoms with Crippen LogP contribution in [0.3, 0.4) is 0 Å². The fraction of sp³-hybridized carbons (Fsp3) is 0.941. The van der Waals surface area contributed by atoms with E-state index in [0.29, 0.717) is 11.2 Å². The molecule has 6 atom stereocenters. The molecule has 1 aliphatic carbocycles. The molecule has 0 bridgehead atoms. The molecule has 2 saturated heterocycles. The Morgan fingerprint density at radius 2 is 2.07 bits per heavy atom. The van der Waals surface area contributed by atoms with Gasteiger partial charge in [0.2, 0.25) is 5.91 Å². The van der Waals surface area contributed by atoms with Gasteiger partial charge < -0.3 is 10.6 Å². The number of nitrogens with one attached hydrogen (secondary N) is 5. The van der Waals surface area contributed by atoms with E-state index in [9.17, 15) is 18.0 Å². The van der Waals surface area contributed by atoms with Crippen LogP contribution in [-0.4, -0.2) is 72.7 Å². The number of hydrogen-bond acceptors (Lipinski definition) is 7. The predicted molar refractivity (Wildman–Crippen MR) is 103 cm³/mol. The molecule has 0 aromatic heterocycles. The van der Waals surface area contributed by atoms with E-state index in [1.54, 1.807) is 0 Å². The summed E-state index contributed by atoms with van der Waals surface area (Å²) in [5.74, 6) is 0.133. The molecule has 5 unspecified atom stereocenters.